The van der Waals surface area contributed by atoms with Crippen molar-refractivity contribution < 1.29 is 22.8 Å². The summed E-state index contributed by atoms with van der Waals surface area (Å²) in [6.07, 6.45) is -3.42. The number of carbonyl (C=O) groups excluding carboxylic acids is 2. The van der Waals surface area contributed by atoms with E-state index in [-0.39, 0.29) is 42.9 Å². The first-order chi connectivity index (χ1) is 14.6. The molecule has 31 heavy (non-hydrogen) atoms. The van der Waals surface area contributed by atoms with Gasteiger partial charge >= 0.3 is 12.2 Å². The number of halogens is 3. The number of nitriles is 1. The van der Waals surface area contributed by atoms with Crippen LogP contribution in [-0.4, -0.2) is 40.8 Å². The summed E-state index contributed by atoms with van der Waals surface area (Å²) in [5.74, 6) is -0.129. The molecule has 1 aliphatic rings. The topological polar surface area (TPSA) is 77.3 Å². The highest BCUT2D eigenvalue weighted by molar-refractivity contribution is 5.97. The van der Waals surface area contributed by atoms with Crippen LogP contribution in [0.4, 0.5) is 23.7 Å². The zero-order valence-electron chi connectivity index (χ0n) is 17.1. The van der Waals surface area contributed by atoms with Crippen molar-refractivity contribution in [2.24, 2.45) is 5.92 Å². The molecule has 1 aromatic heterocycles. The number of ketones is 1. The number of alkyl halides is 3. The molecule has 2 amide bonds. The minimum Gasteiger partial charge on any atom is -0.312 e. The number of anilines is 1. The van der Waals surface area contributed by atoms with Gasteiger partial charge in [0, 0.05) is 13.0 Å². The maximum Gasteiger partial charge on any atom is 0.433 e. The van der Waals surface area contributed by atoms with Gasteiger partial charge in [0.15, 0.2) is 5.78 Å². The van der Waals surface area contributed by atoms with Crippen LogP contribution in [0.5, 0.6) is 0 Å². The lowest BCUT2D eigenvalue weighted by molar-refractivity contribution is -0.141. The summed E-state index contributed by atoms with van der Waals surface area (Å²) in [5, 5.41) is 8.86. The molecule has 0 saturated carbocycles. The van der Waals surface area contributed by atoms with Gasteiger partial charge in [0.1, 0.15) is 5.69 Å². The molecule has 9 heteroatoms. The predicted molar refractivity (Wildman–Crippen MR) is 107 cm³/mol. The smallest absolute Gasteiger partial charge is 0.312 e. The highest BCUT2D eigenvalue weighted by atomic mass is 19.4. The van der Waals surface area contributed by atoms with E-state index in [0.717, 1.165) is 17.8 Å². The third-order valence-corrected chi connectivity index (χ3v) is 5.20. The molecule has 0 aliphatic carbocycles. The number of hydrogen-bond donors (Lipinski definition) is 0. The second-order valence-electron chi connectivity index (χ2n) is 7.76. The monoisotopic (exact) mass is 430 g/mol. The van der Waals surface area contributed by atoms with Crippen LogP contribution in [-0.2, 0) is 17.4 Å². The first-order valence-electron chi connectivity index (χ1n) is 9.72. The van der Waals surface area contributed by atoms with Crippen LogP contribution in [0.25, 0.3) is 0 Å². The molecule has 162 valence electrons. The highest BCUT2D eigenvalue weighted by Gasteiger charge is 2.41. The van der Waals surface area contributed by atoms with E-state index >= 15 is 0 Å². The van der Waals surface area contributed by atoms with Gasteiger partial charge in [-0.25, -0.2) is 9.78 Å². The number of benzene rings is 1. The summed E-state index contributed by atoms with van der Waals surface area (Å²) in [7, 11) is 0. The zero-order valence-corrected chi connectivity index (χ0v) is 17.1. The van der Waals surface area contributed by atoms with Crippen molar-refractivity contribution >= 4 is 17.5 Å². The maximum atomic E-state index is 13.0. The Morgan fingerprint density at radius 3 is 2.42 bits per heavy atom. The van der Waals surface area contributed by atoms with Gasteiger partial charge in [-0.2, -0.15) is 18.4 Å². The van der Waals surface area contributed by atoms with Crippen LogP contribution >= 0.6 is 0 Å². The number of carbonyl (C=O) groups is 2. The Morgan fingerprint density at radius 1 is 1.23 bits per heavy atom. The van der Waals surface area contributed by atoms with Crippen LogP contribution in [0.1, 0.15) is 30.7 Å². The summed E-state index contributed by atoms with van der Waals surface area (Å²) in [5.41, 5.74) is 0.454. The summed E-state index contributed by atoms with van der Waals surface area (Å²) in [4.78, 5) is 31.9. The third-order valence-electron chi connectivity index (χ3n) is 5.20. The molecule has 6 nitrogen and oxygen atoms in total. The number of urea groups is 1. The first kappa shape index (κ1) is 22.3. The standard InChI is InChI=1S/C22H21F3N4O2/c1-14(2)19-13-28(17-7-8-20(27-11-17)22(23,24)25)21(31)29(19)12-18(30)9-15-3-5-16(10-26)6-4-15/h3-8,11,14,19H,9,12-13H2,1-2H3/t19-/m1/s1. The second kappa shape index (κ2) is 8.76. The van der Waals surface area contributed by atoms with Gasteiger partial charge in [0.2, 0.25) is 0 Å². The molecule has 2 aromatic rings. The Morgan fingerprint density at radius 2 is 1.90 bits per heavy atom. The molecular weight excluding hydrogens is 409 g/mol. The van der Waals surface area contributed by atoms with Crippen molar-refractivity contribution in [2.45, 2.75) is 32.5 Å². The highest BCUT2D eigenvalue weighted by Crippen LogP contribution is 2.31. The molecule has 0 unspecified atom stereocenters. The fourth-order valence-electron chi connectivity index (χ4n) is 3.52. The van der Waals surface area contributed by atoms with Crippen molar-refractivity contribution in [3.8, 4) is 6.07 Å². The number of aromatic nitrogens is 1. The van der Waals surface area contributed by atoms with E-state index in [1.54, 1.807) is 24.3 Å². The number of rotatable bonds is 6. The molecule has 0 radical (unpaired) electrons. The third kappa shape index (κ3) is 5.02. The number of Topliss-reactive ketones (excluding diaryl/α,β-unsaturated/α-hetero) is 1. The first-order valence-corrected chi connectivity index (χ1v) is 9.72. The van der Waals surface area contributed by atoms with Crippen LogP contribution < -0.4 is 4.90 Å². The molecule has 1 aromatic carbocycles. The SMILES string of the molecule is CC(C)[C@H]1CN(c2ccc(C(F)(F)F)nc2)C(=O)N1CC(=O)Cc1ccc(C#N)cc1. The van der Waals surface area contributed by atoms with Crippen molar-refractivity contribution in [3.05, 3.63) is 59.4 Å². The Balaban J connectivity index is 1.74. The van der Waals surface area contributed by atoms with Gasteiger partial charge < -0.3 is 4.90 Å². The number of amides is 2. The summed E-state index contributed by atoms with van der Waals surface area (Å²) >= 11 is 0. The van der Waals surface area contributed by atoms with Crippen LogP contribution in [0.15, 0.2) is 42.6 Å². The van der Waals surface area contributed by atoms with E-state index in [2.05, 4.69) is 4.98 Å². The Labute approximate surface area is 177 Å². The zero-order chi connectivity index (χ0) is 22.8. The molecule has 1 saturated heterocycles. The predicted octanol–water partition coefficient (Wildman–Crippen LogP) is 4.05. The fraction of sp³-hybridized carbons (Fsp3) is 0.364. The Bertz CT molecular complexity index is 995. The van der Waals surface area contributed by atoms with Crippen LogP contribution in [0, 0.1) is 17.2 Å². The van der Waals surface area contributed by atoms with E-state index in [1.807, 2.05) is 19.9 Å². The Kier molecular flexibility index (Phi) is 6.29. The lowest BCUT2D eigenvalue weighted by Crippen LogP contribution is -2.41. The van der Waals surface area contributed by atoms with Crippen LogP contribution in [0.3, 0.4) is 0 Å². The van der Waals surface area contributed by atoms with Crippen molar-refractivity contribution in [2.75, 3.05) is 18.0 Å². The number of pyridine rings is 1. The molecule has 0 bridgehead atoms. The normalized spacial score (nSPS) is 16.7. The van der Waals surface area contributed by atoms with Gasteiger partial charge in [-0.15, -0.1) is 0 Å². The van der Waals surface area contributed by atoms with E-state index in [9.17, 15) is 22.8 Å². The van der Waals surface area contributed by atoms with E-state index in [1.165, 1.54) is 15.9 Å². The molecule has 1 aliphatic heterocycles. The molecule has 0 N–H and O–H groups in total. The molecular formula is C22H21F3N4O2. The molecule has 3 rings (SSSR count). The van der Waals surface area contributed by atoms with Gasteiger partial charge in [-0.3, -0.25) is 9.69 Å². The average Bonchev–Trinajstić information content (AvgIpc) is 3.04. The number of hydrogen-bond acceptors (Lipinski definition) is 4. The van der Waals surface area contributed by atoms with Crippen LogP contribution in [0.2, 0.25) is 0 Å². The second-order valence-corrected chi connectivity index (χ2v) is 7.76. The lowest BCUT2D eigenvalue weighted by atomic mass is 10.0. The average molecular weight is 430 g/mol. The molecule has 2 heterocycles. The fourth-order valence-corrected chi connectivity index (χ4v) is 3.52. The van der Waals surface area contributed by atoms with E-state index in [4.69, 9.17) is 5.26 Å². The largest absolute Gasteiger partial charge is 0.433 e. The number of nitrogens with zero attached hydrogens (tertiary/aromatic N) is 4. The minimum absolute atomic E-state index is 0.0408. The summed E-state index contributed by atoms with van der Waals surface area (Å²) in [6.45, 7) is 4.00. The quantitative estimate of drug-likeness (QED) is 0.693. The van der Waals surface area contributed by atoms with Gasteiger partial charge in [-0.05, 0) is 35.7 Å². The lowest BCUT2D eigenvalue weighted by Gasteiger charge is -2.25. The van der Waals surface area contributed by atoms with E-state index < -0.39 is 17.9 Å². The van der Waals surface area contributed by atoms with Crippen molar-refractivity contribution in [3.63, 3.8) is 0 Å². The minimum atomic E-state index is -4.56. The van der Waals surface area contributed by atoms with Gasteiger partial charge in [0.05, 0.1) is 36.1 Å². The summed E-state index contributed by atoms with van der Waals surface area (Å²) in [6, 6.07) is 10.0. The molecule has 1 atom stereocenters. The summed E-state index contributed by atoms with van der Waals surface area (Å²) < 4.78 is 38.3. The maximum absolute atomic E-state index is 13.0. The van der Waals surface area contributed by atoms with Gasteiger partial charge in [-0.1, -0.05) is 26.0 Å². The van der Waals surface area contributed by atoms with Crippen molar-refractivity contribution in [1.29, 1.82) is 5.26 Å². The van der Waals surface area contributed by atoms with Gasteiger partial charge in [0.25, 0.3) is 0 Å². The molecule has 0 spiro atoms. The van der Waals surface area contributed by atoms with E-state index in [0.29, 0.717) is 5.56 Å². The Hall–Kier alpha value is -3.41. The molecule has 1 fully saturated rings. The van der Waals surface area contributed by atoms with Crippen molar-refractivity contribution in [1.82, 2.24) is 9.88 Å².